The van der Waals surface area contributed by atoms with E-state index in [-0.39, 0.29) is 0 Å². The number of halogens is 1. The molecule has 0 rings (SSSR count). The summed E-state index contributed by atoms with van der Waals surface area (Å²) in [4.78, 5) is 0. The summed E-state index contributed by atoms with van der Waals surface area (Å²) in [5.41, 5.74) is 0. The van der Waals surface area contributed by atoms with E-state index in [1.54, 1.807) is 0 Å². The van der Waals surface area contributed by atoms with Gasteiger partial charge in [-0.2, -0.15) is 13.1 Å². The number of rotatable bonds is 4. The van der Waals surface area contributed by atoms with Crippen molar-refractivity contribution < 1.29 is 13.0 Å². The molecule has 0 atom stereocenters. The molecule has 0 aromatic rings. The minimum Gasteiger partial charge on any atom is -0.273 e. The van der Waals surface area contributed by atoms with Crippen LogP contribution in [0.1, 0.15) is 26.7 Å². The van der Waals surface area contributed by atoms with Gasteiger partial charge in [-0.25, -0.2) is 0 Å². The Bertz CT molecular complexity index is 210. The lowest BCUT2D eigenvalue weighted by atomic mass is 10.2. The zero-order valence-electron chi connectivity index (χ0n) is 6.46. The molecule has 0 aliphatic carbocycles. The summed E-state index contributed by atoms with van der Waals surface area (Å²) < 4.78 is 30.6. The Morgan fingerprint density at radius 3 is 1.91 bits per heavy atom. The smallest absolute Gasteiger partial charge is 0.273 e. The Morgan fingerprint density at radius 2 is 1.82 bits per heavy atom. The molecule has 0 radical (unpaired) electrons. The zero-order valence-corrected chi connectivity index (χ0v) is 8.87. The van der Waals surface area contributed by atoms with Crippen molar-refractivity contribution in [2.75, 3.05) is 0 Å². The second kappa shape index (κ2) is 3.84. The van der Waals surface area contributed by atoms with Crippen molar-refractivity contribution >= 4 is 26.2 Å². The van der Waals surface area contributed by atoms with Gasteiger partial charge in [0.15, 0.2) is 0 Å². The van der Waals surface area contributed by atoms with Crippen molar-refractivity contribution in [2.45, 2.75) is 31.1 Å². The average molecular weight is 246 g/mol. The van der Waals surface area contributed by atoms with Gasteiger partial charge in [-0.15, -0.1) is 0 Å². The van der Waals surface area contributed by atoms with E-state index in [0.717, 1.165) is 0 Å². The maximum atomic E-state index is 10.4. The summed E-state index contributed by atoms with van der Waals surface area (Å²) in [5, 5.41) is 0. The lowest BCUT2D eigenvalue weighted by molar-refractivity contribution is 0.433. The molecule has 0 spiro atoms. The van der Waals surface area contributed by atoms with Crippen LogP contribution in [0.15, 0.2) is 0 Å². The number of hydrogen-bond acceptors (Lipinski definition) is 2. The molecule has 0 amide bonds. The van der Waals surface area contributed by atoms with E-state index in [0.29, 0.717) is 12.8 Å². The molecule has 0 heterocycles. The Hall–Kier alpha value is 0.350. The van der Waals surface area contributed by atoms with Crippen LogP contribution in [0, 0.1) is 0 Å². The highest BCUT2D eigenvalue weighted by atomic mass is 79.9. The van der Waals surface area contributed by atoms with Crippen LogP contribution in [0.3, 0.4) is 0 Å². The maximum Gasteiger partial charge on any atom is 0.334 e. The first-order valence-corrected chi connectivity index (χ1v) is 5.51. The first-order chi connectivity index (χ1) is 4.83. The molecule has 0 bridgehead atoms. The molecule has 0 aliphatic heterocycles. The van der Waals surface area contributed by atoms with Gasteiger partial charge in [-0.05, 0) is 12.8 Å². The highest BCUT2D eigenvalue weighted by Gasteiger charge is 2.26. The standard InChI is InChI=1S/C5H12BrNO3S/c1-3-5(6,4-2)7-11(8,9)10/h7H,3-4H2,1-2H3,(H,8,9,10). The first-order valence-electron chi connectivity index (χ1n) is 3.28. The molecular formula is C5H12BrNO3S. The largest absolute Gasteiger partial charge is 0.334 e. The van der Waals surface area contributed by atoms with E-state index in [4.69, 9.17) is 4.55 Å². The summed E-state index contributed by atoms with van der Waals surface area (Å²) in [7, 11) is -4.10. The molecule has 0 saturated heterocycles. The Morgan fingerprint density at radius 1 is 1.45 bits per heavy atom. The third-order valence-corrected chi connectivity index (χ3v) is 3.66. The Kier molecular flexibility index (Phi) is 3.96. The van der Waals surface area contributed by atoms with E-state index < -0.39 is 14.8 Å². The Balaban J connectivity index is 4.32. The molecule has 11 heavy (non-hydrogen) atoms. The Labute approximate surface area is 75.4 Å². The summed E-state index contributed by atoms with van der Waals surface area (Å²) in [6.07, 6.45) is 1.15. The third-order valence-electron chi connectivity index (χ3n) is 1.43. The first kappa shape index (κ1) is 11.4. The van der Waals surface area contributed by atoms with Crippen molar-refractivity contribution in [3.63, 3.8) is 0 Å². The summed E-state index contributed by atoms with van der Waals surface area (Å²) in [5.74, 6) is 0. The van der Waals surface area contributed by atoms with Crippen LogP contribution < -0.4 is 4.72 Å². The normalized spacial score (nSPS) is 13.5. The monoisotopic (exact) mass is 245 g/mol. The second-order valence-corrected chi connectivity index (χ2v) is 4.92. The quantitative estimate of drug-likeness (QED) is 0.446. The van der Waals surface area contributed by atoms with Gasteiger partial charge < -0.3 is 0 Å². The van der Waals surface area contributed by atoms with Crippen LogP contribution in [-0.4, -0.2) is 17.4 Å². The summed E-state index contributed by atoms with van der Waals surface area (Å²) in [6.45, 7) is 3.63. The number of alkyl halides is 1. The van der Waals surface area contributed by atoms with Crippen molar-refractivity contribution in [1.82, 2.24) is 4.72 Å². The summed E-state index contributed by atoms with van der Waals surface area (Å²) in [6, 6.07) is 0. The van der Waals surface area contributed by atoms with Gasteiger partial charge in [-0.1, -0.05) is 29.8 Å². The van der Waals surface area contributed by atoms with Gasteiger partial charge in [0.2, 0.25) is 0 Å². The SMILES string of the molecule is CCC(Br)(CC)NS(=O)(=O)O. The van der Waals surface area contributed by atoms with E-state index in [1.807, 2.05) is 13.8 Å². The molecule has 2 N–H and O–H groups in total. The molecule has 0 aromatic carbocycles. The molecule has 4 nitrogen and oxygen atoms in total. The van der Waals surface area contributed by atoms with Gasteiger partial charge in [-0.3, -0.25) is 4.55 Å². The molecule has 68 valence electrons. The third kappa shape index (κ3) is 4.73. The molecule has 6 heteroatoms. The van der Waals surface area contributed by atoms with Crippen molar-refractivity contribution in [3.05, 3.63) is 0 Å². The van der Waals surface area contributed by atoms with Gasteiger partial charge in [0, 0.05) is 0 Å². The van der Waals surface area contributed by atoms with E-state index in [9.17, 15) is 8.42 Å². The highest BCUT2D eigenvalue weighted by molar-refractivity contribution is 9.10. The van der Waals surface area contributed by atoms with Crippen molar-refractivity contribution in [2.24, 2.45) is 0 Å². The minimum absolute atomic E-state index is 0.573. The molecule has 0 fully saturated rings. The van der Waals surface area contributed by atoms with E-state index in [2.05, 4.69) is 20.7 Å². The average Bonchev–Trinajstić information content (AvgIpc) is 1.84. The highest BCUT2D eigenvalue weighted by Crippen LogP contribution is 2.23. The molecule has 0 aromatic heterocycles. The fraction of sp³-hybridized carbons (Fsp3) is 1.00. The van der Waals surface area contributed by atoms with Crippen LogP contribution in [0.2, 0.25) is 0 Å². The predicted octanol–water partition coefficient (Wildman–Crippen LogP) is 1.29. The van der Waals surface area contributed by atoms with Crippen molar-refractivity contribution in [1.29, 1.82) is 0 Å². The second-order valence-electron chi connectivity index (χ2n) is 2.25. The predicted molar refractivity (Wildman–Crippen MR) is 46.9 cm³/mol. The molecule has 0 saturated carbocycles. The van der Waals surface area contributed by atoms with Gasteiger partial charge in [0.1, 0.15) is 0 Å². The van der Waals surface area contributed by atoms with Gasteiger partial charge in [0.05, 0.1) is 4.45 Å². The van der Waals surface area contributed by atoms with Gasteiger partial charge >= 0.3 is 10.3 Å². The van der Waals surface area contributed by atoms with Crippen LogP contribution in [0.4, 0.5) is 0 Å². The maximum absolute atomic E-state index is 10.4. The summed E-state index contributed by atoms with van der Waals surface area (Å²) >= 11 is 3.17. The zero-order chi connectivity index (χ0) is 9.12. The molecular weight excluding hydrogens is 234 g/mol. The van der Waals surface area contributed by atoms with Crippen molar-refractivity contribution in [3.8, 4) is 0 Å². The minimum atomic E-state index is -4.10. The van der Waals surface area contributed by atoms with E-state index in [1.165, 1.54) is 0 Å². The van der Waals surface area contributed by atoms with Gasteiger partial charge in [0.25, 0.3) is 0 Å². The number of hydrogen-bond donors (Lipinski definition) is 2. The van der Waals surface area contributed by atoms with Crippen LogP contribution in [0.25, 0.3) is 0 Å². The topological polar surface area (TPSA) is 66.4 Å². The molecule has 0 unspecified atom stereocenters. The van der Waals surface area contributed by atoms with Crippen LogP contribution in [-0.2, 0) is 10.3 Å². The molecule has 0 aliphatic rings. The fourth-order valence-corrected chi connectivity index (χ4v) is 1.99. The number of nitrogens with one attached hydrogen (secondary N) is 1. The van der Waals surface area contributed by atoms with Crippen LogP contribution >= 0.6 is 15.9 Å². The van der Waals surface area contributed by atoms with Crippen LogP contribution in [0.5, 0.6) is 0 Å². The lowest BCUT2D eigenvalue weighted by Gasteiger charge is -2.23. The fourth-order valence-electron chi connectivity index (χ4n) is 0.625. The van der Waals surface area contributed by atoms with E-state index >= 15 is 0 Å². The lowest BCUT2D eigenvalue weighted by Crippen LogP contribution is -2.41.